The minimum Gasteiger partial charge on any atom is -0.501 e. The molecule has 2 heterocycles. The molecule has 1 unspecified atom stereocenters. The van der Waals surface area contributed by atoms with E-state index in [4.69, 9.17) is 4.74 Å². The van der Waals surface area contributed by atoms with Crippen molar-refractivity contribution in [3.05, 3.63) is 41.7 Å². The van der Waals surface area contributed by atoms with Gasteiger partial charge in [0, 0.05) is 6.20 Å². The maximum atomic E-state index is 12.0. The lowest BCUT2D eigenvalue weighted by Crippen LogP contribution is -2.33. The molecule has 1 aliphatic heterocycles. The van der Waals surface area contributed by atoms with Crippen LogP contribution in [0.4, 0.5) is 0 Å². The van der Waals surface area contributed by atoms with E-state index in [-0.39, 0.29) is 5.69 Å². The zero-order valence-corrected chi connectivity index (χ0v) is 11.1. The first kappa shape index (κ1) is 13.3. The first-order valence-corrected chi connectivity index (χ1v) is 7.19. The SMILES string of the molecule is CC1(c2ccccn2)OC(NS(C)(=O)=O)=C(O)C1=O. The van der Waals surface area contributed by atoms with Crippen molar-refractivity contribution in [2.75, 3.05) is 6.26 Å². The molecule has 2 rings (SSSR count). The molecule has 0 fully saturated rings. The van der Waals surface area contributed by atoms with E-state index in [0.29, 0.717) is 0 Å². The number of carbonyl (C=O) groups excluding carboxylic acids is 1. The highest BCUT2D eigenvalue weighted by Gasteiger charge is 2.49. The maximum Gasteiger partial charge on any atom is 0.252 e. The first-order chi connectivity index (χ1) is 8.74. The molecular formula is C11H12N2O5S. The third-order valence-electron chi connectivity index (χ3n) is 2.60. The largest absolute Gasteiger partial charge is 0.501 e. The Balaban J connectivity index is 2.39. The zero-order valence-electron chi connectivity index (χ0n) is 10.2. The van der Waals surface area contributed by atoms with Crippen molar-refractivity contribution in [3.63, 3.8) is 0 Å². The van der Waals surface area contributed by atoms with Crippen LogP contribution in [0.15, 0.2) is 36.0 Å². The van der Waals surface area contributed by atoms with Crippen LogP contribution in [0.2, 0.25) is 0 Å². The number of nitrogens with one attached hydrogen (secondary N) is 1. The molecule has 8 heteroatoms. The van der Waals surface area contributed by atoms with Crippen LogP contribution in [0.5, 0.6) is 0 Å². The molecule has 19 heavy (non-hydrogen) atoms. The van der Waals surface area contributed by atoms with Crippen LogP contribution in [-0.4, -0.2) is 30.5 Å². The minimum absolute atomic E-state index is 0.275. The minimum atomic E-state index is -3.66. The predicted octanol–water partition coefficient (Wildman–Crippen LogP) is 0.172. The van der Waals surface area contributed by atoms with Crippen LogP contribution in [0.25, 0.3) is 0 Å². The summed E-state index contributed by atoms with van der Waals surface area (Å²) in [6.07, 6.45) is 2.35. The summed E-state index contributed by atoms with van der Waals surface area (Å²) in [6.45, 7) is 1.41. The second-order valence-electron chi connectivity index (χ2n) is 4.23. The monoisotopic (exact) mass is 284 g/mol. The standard InChI is InChI=1S/C11H12N2O5S/c1-11(7-5-3-4-6-12-7)9(15)8(14)10(18-11)13-19(2,16)17/h3-6,13-14H,1-2H3. The van der Waals surface area contributed by atoms with Gasteiger partial charge in [-0.1, -0.05) is 6.07 Å². The van der Waals surface area contributed by atoms with Crippen LogP contribution < -0.4 is 4.72 Å². The van der Waals surface area contributed by atoms with Crippen molar-refractivity contribution in [1.82, 2.24) is 9.71 Å². The van der Waals surface area contributed by atoms with Crippen molar-refractivity contribution in [2.24, 2.45) is 0 Å². The summed E-state index contributed by atoms with van der Waals surface area (Å²) in [5.41, 5.74) is -1.27. The van der Waals surface area contributed by atoms with Crippen molar-refractivity contribution >= 4 is 15.8 Å². The molecule has 1 aromatic heterocycles. The normalized spacial score (nSPS) is 23.4. The van der Waals surface area contributed by atoms with E-state index in [1.807, 2.05) is 4.72 Å². The van der Waals surface area contributed by atoms with Crippen LogP contribution >= 0.6 is 0 Å². The van der Waals surface area contributed by atoms with Gasteiger partial charge in [0.05, 0.1) is 11.9 Å². The van der Waals surface area contributed by atoms with E-state index in [2.05, 4.69) is 4.98 Å². The number of nitrogens with zero attached hydrogens (tertiary/aromatic N) is 1. The second kappa shape index (κ2) is 4.23. The molecule has 1 atom stereocenters. The zero-order chi connectivity index (χ0) is 14.3. The van der Waals surface area contributed by atoms with Gasteiger partial charge in [-0.25, -0.2) is 8.42 Å². The van der Waals surface area contributed by atoms with Gasteiger partial charge in [0.2, 0.25) is 27.3 Å². The Labute approximate surface area is 110 Å². The van der Waals surface area contributed by atoms with Gasteiger partial charge in [-0.3, -0.25) is 14.5 Å². The Bertz CT molecular complexity index is 653. The van der Waals surface area contributed by atoms with Gasteiger partial charge in [-0.15, -0.1) is 0 Å². The summed E-state index contributed by atoms with van der Waals surface area (Å²) in [5.74, 6) is -2.00. The summed E-state index contributed by atoms with van der Waals surface area (Å²) < 4.78 is 29.5. The number of rotatable bonds is 3. The lowest BCUT2D eigenvalue weighted by molar-refractivity contribution is -0.132. The van der Waals surface area contributed by atoms with E-state index in [1.165, 1.54) is 13.1 Å². The van der Waals surface area contributed by atoms with Gasteiger partial charge in [-0.05, 0) is 19.1 Å². The molecule has 0 saturated carbocycles. The van der Waals surface area contributed by atoms with Crippen molar-refractivity contribution in [1.29, 1.82) is 0 Å². The molecule has 7 nitrogen and oxygen atoms in total. The molecule has 0 saturated heterocycles. The maximum absolute atomic E-state index is 12.0. The summed E-state index contributed by atoms with van der Waals surface area (Å²) in [4.78, 5) is 16.0. The number of pyridine rings is 1. The Morgan fingerprint density at radius 1 is 1.42 bits per heavy atom. The number of hydrogen-bond acceptors (Lipinski definition) is 6. The Morgan fingerprint density at radius 2 is 2.11 bits per heavy atom. The van der Waals surface area contributed by atoms with Crippen LogP contribution in [0, 0.1) is 0 Å². The molecular weight excluding hydrogens is 272 g/mol. The quantitative estimate of drug-likeness (QED) is 0.819. The second-order valence-corrected chi connectivity index (χ2v) is 5.98. The van der Waals surface area contributed by atoms with Crippen LogP contribution in [-0.2, 0) is 25.2 Å². The number of aliphatic hydroxyl groups is 1. The van der Waals surface area contributed by atoms with E-state index in [0.717, 1.165) is 6.26 Å². The molecule has 0 aromatic carbocycles. The Hall–Kier alpha value is -2.09. The number of aromatic nitrogens is 1. The number of hydrogen-bond donors (Lipinski definition) is 2. The average molecular weight is 284 g/mol. The van der Waals surface area contributed by atoms with Gasteiger partial charge in [0.15, 0.2) is 0 Å². The molecule has 2 N–H and O–H groups in total. The number of aliphatic hydroxyl groups excluding tert-OH is 1. The van der Waals surface area contributed by atoms with Crippen LogP contribution in [0.3, 0.4) is 0 Å². The summed E-state index contributed by atoms with van der Waals surface area (Å²) in [5, 5.41) is 9.67. The van der Waals surface area contributed by atoms with E-state index in [9.17, 15) is 18.3 Å². The third kappa shape index (κ3) is 2.39. The number of Topliss-reactive ketones (excluding diaryl/α,β-unsaturated/α-hetero) is 1. The molecule has 0 amide bonds. The highest BCUT2D eigenvalue weighted by atomic mass is 32.2. The van der Waals surface area contributed by atoms with Crippen LogP contribution in [0.1, 0.15) is 12.6 Å². The average Bonchev–Trinajstić information content (AvgIpc) is 2.54. The number of sulfonamides is 1. The highest BCUT2D eigenvalue weighted by molar-refractivity contribution is 7.88. The van der Waals surface area contributed by atoms with E-state index in [1.54, 1.807) is 18.2 Å². The summed E-state index contributed by atoms with van der Waals surface area (Å²) >= 11 is 0. The lowest BCUT2D eigenvalue weighted by atomic mass is 9.96. The molecule has 0 spiro atoms. The molecule has 0 aliphatic carbocycles. The number of ether oxygens (including phenoxy) is 1. The lowest BCUT2D eigenvalue weighted by Gasteiger charge is -2.22. The number of carbonyl (C=O) groups is 1. The van der Waals surface area contributed by atoms with Gasteiger partial charge >= 0.3 is 0 Å². The smallest absolute Gasteiger partial charge is 0.252 e. The summed E-state index contributed by atoms with van der Waals surface area (Å²) in [6, 6.07) is 4.87. The first-order valence-electron chi connectivity index (χ1n) is 5.30. The highest BCUT2D eigenvalue weighted by Crippen LogP contribution is 2.35. The van der Waals surface area contributed by atoms with E-state index < -0.39 is 33.0 Å². The molecule has 0 radical (unpaired) electrons. The Kier molecular flexibility index (Phi) is 2.97. The third-order valence-corrected chi connectivity index (χ3v) is 3.16. The molecule has 0 bridgehead atoms. The Morgan fingerprint density at radius 3 is 2.63 bits per heavy atom. The fourth-order valence-electron chi connectivity index (χ4n) is 1.68. The number of ketones is 1. The molecule has 1 aromatic rings. The van der Waals surface area contributed by atoms with Gasteiger partial charge in [0.25, 0.3) is 5.78 Å². The fourth-order valence-corrected chi connectivity index (χ4v) is 2.15. The van der Waals surface area contributed by atoms with Crippen molar-refractivity contribution < 1.29 is 23.1 Å². The molecule has 102 valence electrons. The summed E-state index contributed by atoms with van der Waals surface area (Å²) in [7, 11) is -3.66. The van der Waals surface area contributed by atoms with Gasteiger partial charge in [0.1, 0.15) is 0 Å². The molecule has 1 aliphatic rings. The van der Waals surface area contributed by atoms with E-state index >= 15 is 0 Å². The topological polar surface area (TPSA) is 106 Å². The predicted molar refractivity (Wildman–Crippen MR) is 65.3 cm³/mol. The fraction of sp³-hybridized carbons (Fsp3) is 0.273. The van der Waals surface area contributed by atoms with Gasteiger partial charge < -0.3 is 9.84 Å². The van der Waals surface area contributed by atoms with Gasteiger partial charge in [-0.2, -0.15) is 0 Å². The van der Waals surface area contributed by atoms with Crippen molar-refractivity contribution in [3.8, 4) is 0 Å². The van der Waals surface area contributed by atoms with Crippen molar-refractivity contribution in [2.45, 2.75) is 12.5 Å².